The Morgan fingerprint density at radius 1 is 1.23 bits per heavy atom. The maximum Gasteiger partial charge on any atom is 0.183 e. The van der Waals surface area contributed by atoms with Crippen LogP contribution in [0, 0.1) is 34.0 Å². The van der Waals surface area contributed by atoms with Crippen LogP contribution in [0.2, 0.25) is 0 Å². The van der Waals surface area contributed by atoms with Gasteiger partial charge in [-0.25, -0.2) is 0 Å². The summed E-state index contributed by atoms with van der Waals surface area (Å²) in [4.78, 5) is 41.1. The van der Waals surface area contributed by atoms with Crippen molar-refractivity contribution in [2.45, 2.75) is 86.7 Å². The van der Waals surface area contributed by atoms with Crippen molar-refractivity contribution in [3.8, 4) is 0 Å². The Balaban J connectivity index is 2.31. The molecule has 2 bridgehead atoms. The summed E-state index contributed by atoms with van der Waals surface area (Å²) in [5.74, 6) is -2.46. The van der Waals surface area contributed by atoms with Crippen molar-refractivity contribution in [3.63, 3.8) is 0 Å². The van der Waals surface area contributed by atoms with Crippen LogP contribution in [-0.4, -0.2) is 33.2 Å². The van der Waals surface area contributed by atoms with Crippen LogP contribution in [-0.2, 0) is 14.4 Å². The van der Waals surface area contributed by atoms with Crippen molar-refractivity contribution in [3.05, 3.63) is 23.0 Å². The first-order chi connectivity index (χ1) is 14.1. The lowest BCUT2D eigenvalue weighted by Gasteiger charge is -2.40. The SMILES string of the molecule is CCC(C)C(=O)C1=C(O)[C@]23CC(C(C)(C)O)C(C)(C)C2CC(CC=C(C)C)(C1=O)C3=O. The number of aliphatic hydroxyl groups excluding tert-OH is 1. The second kappa shape index (κ2) is 7.13. The molecule has 31 heavy (non-hydrogen) atoms. The van der Waals surface area contributed by atoms with E-state index in [1.807, 2.05) is 40.7 Å². The Hall–Kier alpha value is -1.75. The molecule has 0 radical (unpaired) electrons. The van der Waals surface area contributed by atoms with E-state index in [0.717, 1.165) is 5.57 Å². The van der Waals surface area contributed by atoms with Gasteiger partial charge in [-0.2, -0.15) is 0 Å². The first-order valence-electron chi connectivity index (χ1n) is 11.5. The first-order valence-corrected chi connectivity index (χ1v) is 11.5. The average Bonchev–Trinajstić information content (AvgIpc) is 3.03. The first kappa shape index (κ1) is 23.9. The summed E-state index contributed by atoms with van der Waals surface area (Å²) in [7, 11) is 0. The second-order valence-corrected chi connectivity index (χ2v) is 11.6. The second-order valence-electron chi connectivity index (χ2n) is 11.6. The lowest BCUT2D eigenvalue weighted by molar-refractivity contribution is -0.144. The highest BCUT2D eigenvalue weighted by atomic mass is 16.3. The van der Waals surface area contributed by atoms with Gasteiger partial charge < -0.3 is 10.2 Å². The summed E-state index contributed by atoms with van der Waals surface area (Å²) in [6.07, 6.45) is 3.25. The lowest BCUT2D eigenvalue weighted by Crippen LogP contribution is -2.50. The van der Waals surface area contributed by atoms with Crippen LogP contribution in [0.25, 0.3) is 0 Å². The number of ketones is 3. The molecule has 2 fully saturated rings. The van der Waals surface area contributed by atoms with Gasteiger partial charge >= 0.3 is 0 Å². The number of fused-ring (bicyclic) bond motifs is 1. The van der Waals surface area contributed by atoms with E-state index in [9.17, 15) is 24.6 Å². The Kier molecular flexibility index (Phi) is 5.50. The lowest BCUT2D eigenvalue weighted by atomic mass is 9.62. The summed E-state index contributed by atoms with van der Waals surface area (Å²) < 4.78 is 0. The fraction of sp³-hybridized carbons (Fsp3) is 0.731. The standard InChI is InChI=1S/C26H38O5/c1-9-15(4)19(27)18-20(28)25(11-10-14(2)3)12-17-23(5,6)16(24(7,8)31)13-26(17,21(18)29)22(25)30/h10,15-17,29,31H,9,11-13H2,1-8H3/t15?,16?,17?,25?,26-/m0/s1. The van der Waals surface area contributed by atoms with Gasteiger partial charge in [0.1, 0.15) is 11.3 Å². The molecule has 0 aromatic carbocycles. The third-order valence-corrected chi connectivity index (χ3v) is 8.65. The summed E-state index contributed by atoms with van der Waals surface area (Å²) in [5.41, 5.74) is -3.31. The largest absolute Gasteiger partial charge is 0.510 e. The molecule has 0 saturated heterocycles. The number of hydrogen-bond donors (Lipinski definition) is 2. The summed E-state index contributed by atoms with van der Waals surface area (Å²) in [6.45, 7) is 15.0. The molecule has 5 atom stereocenters. The topological polar surface area (TPSA) is 91.7 Å². The van der Waals surface area contributed by atoms with E-state index >= 15 is 0 Å². The number of allylic oxidation sites excluding steroid dienone is 4. The zero-order valence-electron chi connectivity index (χ0n) is 20.3. The third-order valence-electron chi connectivity index (χ3n) is 8.65. The van der Waals surface area contributed by atoms with Gasteiger partial charge in [-0.3, -0.25) is 14.4 Å². The molecular formula is C26H38O5. The maximum absolute atomic E-state index is 14.1. The van der Waals surface area contributed by atoms with Gasteiger partial charge in [0.2, 0.25) is 0 Å². The van der Waals surface area contributed by atoms with E-state index in [4.69, 9.17) is 0 Å². The van der Waals surface area contributed by atoms with Crippen molar-refractivity contribution in [1.29, 1.82) is 0 Å². The van der Waals surface area contributed by atoms with Crippen molar-refractivity contribution in [2.24, 2.45) is 34.0 Å². The fourth-order valence-corrected chi connectivity index (χ4v) is 6.76. The van der Waals surface area contributed by atoms with E-state index in [0.29, 0.717) is 12.8 Å². The van der Waals surface area contributed by atoms with Gasteiger partial charge in [0.25, 0.3) is 0 Å². The zero-order valence-corrected chi connectivity index (χ0v) is 20.3. The molecule has 0 amide bonds. The minimum Gasteiger partial charge on any atom is -0.510 e. The van der Waals surface area contributed by atoms with Gasteiger partial charge in [-0.15, -0.1) is 0 Å². The highest BCUT2D eigenvalue weighted by molar-refractivity contribution is 6.32. The highest BCUT2D eigenvalue weighted by Crippen LogP contribution is 2.73. The normalized spacial score (nSPS) is 35.3. The number of rotatable bonds is 6. The Morgan fingerprint density at radius 3 is 2.29 bits per heavy atom. The molecule has 5 heteroatoms. The van der Waals surface area contributed by atoms with Gasteiger partial charge in [0.15, 0.2) is 17.3 Å². The molecule has 2 N–H and O–H groups in total. The zero-order chi connectivity index (χ0) is 23.7. The van der Waals surface area contributed by atoms with Gasteiger partial charge in [-0.05, 0) is 70.6 Å². The van der Waals surface area contributed by atoms with E-state index < -0.39 is 33.5 Å². The molecule has 3 aliphatic rings. The van der Waals surface area contributed by atoms with Gasteiger partial charge in [-0.1, -0.05) is 39.3 Å². The summed E-state index contributed by atoms with van der Waals surface area (Å²) in [5, 5.41) is 22.4. The predicted molar refractivity (Wildman–Crippen MR) is 119 cm³/mol. The molecule has 172 valence electrons. The minimum atomic E-state index is -1.31. The minimum absolute atomic E-state index is 0.161. The molecule has 2 saturated carbocycles. The molecule has 0 aromatic rings. The molecule has 4 unspecified atom stereocenters. The van der Waals surface area contributed by atoms with Gasteiger partial charge in [0.05, 0.1) is 16.4 Å². The van der Waals surface area contributed by atoms with Crippen LogP contribution in [0.5, 0.6) is 0 Å². The third kappa shape index (κ3) is 3.02. The molecule has 3 aliphatic carbocycles. The molecule has 0 heterocycles. The number of hydrogen-bond acceptors (Lipinski definition) is 5. The molecule has 0 aliphatic heterocycles. The van der Waals surface area contributed by atoms with Crippen LogP contribution in [0.3, 0.4) is 0 Å². The quantitative estimate of drug-likeness (QED) is 0.361. The molecule has 1 spiro atoms. The summed E-state index contributed by atoms with van der Waals surface area (Å²) >= 11 is 0. The van der Waals surface area contributed by atoms with Crippen molar-refractivity contribution in [1.82, 2.24) is 0 Å². The van der Waals surface area contributed by atoms with Crippen molar-refractivity contribution >= 4 is 17.3 Å². The number of aliphatic hydroxyl groups is 2. The highest BCUT2D eigenvalue weighted by Gasteiger charge is 2.78. The monoisotopic (exact) mass is 430 g/mol. The maximum atomic E-state index is 14.1. The van der Waals surface area contributed by atoms with E-state index in [1.165, 1.54) is 0 Å². The number of carbonyl (C=O) groups is 3. The number of carbonyl (C=O) groups excluding carboxylic acids is 3. The predicted octanol–water partition coefficient (Wildman–Crippen LogP) is 4.73. The molecule has 3 rings (SSSR count). The van der Waals surface area contributed by atoms with Crippen LogP contribution in [0.4, 0.5) is 0 Å². The van der Waals surface area contributed by atoms with Crippen LogP contribution >= 0.6 is 0 Å². The van der Waals surface area contributed by atoms with E-state index in [2.05, 4.69) is 0 Å². The van der Waals surface area contributed by atoms with E-state index in [-0.39, 0.29) is 47.6 Å². The van der Waals surface area contributed by atoms with Crippen molar-refractivity contribution in [2.75, 3.05) is 0 Å². The fourth-order valence-electron chi connectivity index (χ4n) is 6.76. The van der Waals surface area contributed by atoms with Crippen LogP contribution < -0.4 is 0 Å². The van der Waals surface area contributed by atoms with Crippen LogP contribution in [0.1, 0.15) is 81.1 Å². The Labute approximate surface area is 186 Å². The van der Waals surface area contributed by atoms with Crippen molar-refractivity contribution < 1.29 is 24.6 Å². The molecule has 0 aromatic heterocycles. The summed E-state index contributed by atoms with van der Waals surface area (Å²) in [6, 6.07) is 0. The van der Waals surface area contributed by atoms with E-state index in [1.54, 1.807) is 20.8 Å². The van der Waals surface area contributed by atoms with Gasteiger partial charge in [0, 0.05) is 5.92 Å². The average molecular weight is 431 g/mol. The smallest absolute Gasteiger partial charge is 0.183 e. The number of Topliss-reactive ketones (excluding diaryl/α,β-unsaturated/α-hetero) is 3. The van der Waals surface area contributed by atoms with Crippen LogP contribution in [0.15, 0.2) is 23.0 Å². The Morgan fingerprint density at radius 2 is 1.81 bits per heavy atom. The Bertz CT molecular complexity index is 895. The molecule has 5 nitrogen and oxygen atoms in total. The molecular weight excluding hydrogens is 392 g/mol.